The van der Waals surface area contributed by atoms with E-state index < -0.39 is 0 Å². The predicted molar refractivity (Wildman–Crippen MR) is 126 cm³/mol. The SMILES string of the molecule is CN=C(NCc1cccc(C(=O)NC)c1)N1CC=C(c2ccccc2)CC1.I. The Bertz CT molecular complexity index is 849. The lowest BCUT2D eigenvalue weighted by atomic mass is 10.00. The first-order valence-corrected chi connectivity index (χ1v) is 9.22. The number of rotatable bonds is 4. The van der Waals surface area contributed by atoms with E-state index in [1.807, 2.05) is 30.3 Å². The summed E-state index contributed by atoms with van der Waals surface area (Å²) in [7, 11) is 3.45. The van der Waals surface area contributed by atoms with Gasteiger partial charge in [-0.2, -0.15) is 0 Å². The Morgan fingerprint density at radius 3 is 2.57 bits per heavy atom. The van der Waals surface area contributed by atoms with Gasteiger partial charge in [0.2, 0.25) is 0 Å². The van der Waals surface area contributed by atoms with Gasteiger partial charge < -0.3 is 15.5 Å². The number of guanidine groups is 1. The number of nitrogens with zero attached hydrogens (tertiary/aromatic N) is 2. The highest BCUT2D eigenvalue weighted by atomic mass is 127. The normalized spacial score (nSPS) is 14.0. The zero-order valence-corrected chi connectivity index (χ0v) is 18.6. The van der Waals surface area contributed by atoms with Gasteiger partial charge in [-0.15, -0.1) is 24.0 Å². The smallest absolute Gasteiger partial charge is 0.251 e. The lowest BCUT2D eigenvalue weighted by Gasteiger charge is -2.30. The number of carbonyl (C=O) groups excluding carboxylic acids is 1. The first kappa shape index (κ1) is 21.9. The minimum Gasteiger partial charge on any atom is -0.355 e. The summed E-state index contributed by atoms with van der Waals surface area (Å²) in [6, 6.07) is 18.2. The molecular formula is C22H27IN4O. The third kappa shape index (κ3) is 5.58. The first-order valence-electron chi connectivity index (χ1n) is 9.22. The molecule has 0 unspecified atom stereocenters. The Morgan fingerprint density at radius 1 is 1.14 bits per heavy atom. The molecule has 0 aromatic heterocycles. The molecule has 1 aliphatic heterocycles. The molecule has 0 atom stereocenters. The number of benzene rings is 2. The zero-order chi connectivity index (χ0) is 19.1. The van der Waals surface area contributed by atoms with Crippen LogP contribution in [0.5, 0.6) is 0 Å². The van der Waals surface area contributed by atoms with Crippen molar-refractivity contribution in [1.29, 1.82) is 0 Å². The number of carbonyl (C=O) groups is 1. The van der Waals surface area contributed by atoms with Gasteiger partial charge in [0.05, 0.1) is 0 Å². The highest BCUT2D eigenvalue weighted by Crippen LogP contribution is 2.22. The molecule has 1 heterocycles. The van der Waals surface area contributed by atoms with Gasteiger partial charge in [-0.25, -0.2) is 0 Å². The van der Waals surface area contributed by atoms with Crippen LogP contribution in [0.1, 0.15) is 27.9 Å². The molecule has 0 spiro atoms. The largest absolute Gasteiger partial charge is 0.355 e. The second kappa shape index (κ2) is 10.8. The average molecular weight is 490 g/mol. The number of hydrogen-bond acceptors (Lipinski definition) is 2. The first-order chi connectivity index (χ1) is 13.2. The summed E-state index contributed by atoms with van der Waals surface area (Å²) in [4.78, 5) is 18.5. The van der Waals surface area contributed by atoms with Gasteiger partial charge >= 0.3 is 0 Å². The molecule has 1 amide bonds. The Labute approximate surface area is 184 Å². The van der Waals surface area contributed by atoms with E-state index in [1.54, 1.807) is 14.1 Å². The summed E-state index contributed by atoms with van der Waals surface area (Å²) in [6.45, 7) is 2.39. The average Bonchev–Trinajstić information content (AvgIpc) is 2.75. The van der Waals surface area contributed by atoms with E-state index in [-0.39, 0.29) is 29.9 Å². The summed E-state index contributed by atoms with van der Waals surface area (Å²) in [6.07, 6.45) is 3.27. The quantitative estimate of drug-likeness (QED) is 0.392. The van der Waals surface area contributed by atoms with Gasteiger partial charge in [0.25, 0.3) is 5.91 Å². The van der Waals surface area contributed by atoms with Gasteiger partial charge in [-0.05, 0) is 35.3 Å². The maximum Gasteiger partial charge on any atom is 0.251 e. The summed E-state index contributed by atoms with van der Waals surface area (Å²) < 4.78 is 0. The molecule has 1 aliphatic rings. The highest BCUT2D eigenvalue weighted by molar-refractivity contribution is 14.0. The van der Waals surface area contributed by atoms with Gasteiger partial charge in [0, 0.05) is 39.3 Å². The van der Waals surface area contributed by atoms with E-state index in [9.17, 15) is 4.79 Å². The Morgan fingerprint density at radius 2 is 1.93 bits per heavy atom. The van der Waals surface area contributed by atoms with Crippen molar-refractivity contribution >= 4 is 41.4 Å². The van der Waals surface area contributed by atoms with E-state index in [4.69, 9.17) is 0 Å². The number of aliphatic imine (C=N–C) groups is 1. The standard InChI is InChI=1S/C22H26N4O.HI/c1-23-21(27)20-10-6-7-17(15-20)16-25-22(24-2)26-13-11-19(12-14-26)18-8-4-3-5-9-18;/h3-11,15H,12-14,16H2,1-2H3,(H,23,27)(H,24,25);1H. The Balaban J connectivity index is 0.00000280. The minimum absolute atomic E-state index is 0. The third-order valence-electron chi connectivity index (χ3n) is 4.73. The van der Waals surface area contributed by atoms with Gasteiger partial charge in [-0.1, -0.05) is 48.5 Å². The van der Waals surface area contributed by atoms with E-state index in [2.05, 4.69) is 50.9 Å². The molecule has 148 valence electrons. The van der Waals surface area contributed by atoms with Crippen LogP contribution in [0.4, 0.5) is 0 Å². The fraction of sp³-hybridized carbons (Fsp3) is 0.273. The molecule has 0 radical (unpaired) electrons. The van der Waals surface area contributed by atoms with Crippen molar-refractivity contribution in [2.75, 3.05) is 27.2 Å². The molecule has 28 heavy (non-hydrogen) atoms. The monoisotopic (exact) mass is 490 g/mol. The summed E-state index contributed by atoms with van der Waals surface area (Å²) in [5.74, 6) is 0.805. The molecule has 0 aliphatic carbocycles. The van der Waals surface area contributed by atoms with E-state index >= 15 is 0 Å². The molecule has 3 rings (SSSR count). The van der Waals surface area contributed by atoms with Crippen molar-refractivity contribution < 1.29 is 4.79 Å². The number of halogens is 1. The number of hydrogen-bond donors (Lipinski definition) is 2. The maximum atomic E-state index is 11.8. The van der Waals surface area contributed by atoms with Crippen molar-refractivity contribution in [2.45, 2.75) is 13.0 Å². The molecule has 0 saturated heterocycles. The Hall–Kier alpha value is -2.35. The fourth-order valence-corrected chi connectivity index (χ4v) is 3.26. The van der Waals surface area contributed by atoms with Crippen LogP contribution in [0.3, 0.4) is 0 Å². The van der Waals surface area contributed by atoms with Crippen molar-refractivity contribution in [3.8, 4) is 0 Å². The van der Waals surface area contributed by atoms with Gasteiger partial charge in [0.1, 0.15) is 0 Å². The molecule has 2 aromatic carbocycles. The maximum absolute atomic E-state index is 11.8. The number of nitrogens with one attached hydrogen (secondary N) is 2. The molecule has 0 fully saturated rings. The minimum atomic E-state index is -0.0733. The van der Waals surface area contributed by atoms with Gasteiger partial charge in [0.15, 0.2) is 5.96 Å². The van der Waals surface area contributed by atoms with Crippen LogP contribution >= 0.6 is 24.0 Å². The molecule has 0 saturated carbocycles. The van der Waals surface area contributed by atoms with Crippen LogP contribution < -0.4 is 10.6 Å². The van der Waals surface area contributed by atoms with Crippen LogP contribution in [-0.4, -0.2) is 44.0 Å². The molecule has 0 bridgehead atoms. The summed E-state index contributed by atoms with van der Waals surface area (Å²) in [5.41, 5.74) is 4.40. The summed E-state index contributed by atoms with van der Waals surface area (Å²) in [5, 5.41) is 6.07. The van der Waals surface area contributed by atoms with Crippen molar-refractivity contribution in [1.82, 2.24) is 15.5 Å². The summed E-state index contributed by atoms with van der Waals surface area (Å²) >= 11 is 0. The van der Waals surface area contributed by atoms with Crippen LogP contribution in [-0.2, 0) is 6.54 Å². The van der Waals surface area contributed by atoms with Crippen molar-refractivity contribution in [3.63, 3.8) is 0 Å². The number of amides is 1. The van der Waals surface area contributed by atoms with E-state index in [1.165, 1.54) is 11.1 Å². The highest BCUT2D eigenvalue weighted by Gasteiger charge is 2.16. The lowest BCUT2D eigenvalue weighted by Crippen LogP contribution is -2.43. The third-order valence-corrected chi connectivity index (χ3v) is 4.73. The molecule has 2 N–H and O–H groups in total. The van der Waals surface area contributed by atoms with Crippen LogP contribution in [0, 0.1) is 0 Å². The second-order valence-electron chi connectivity index (χ2n) is 6.47. The van der Waals surface area contributed by atoms with Crippen LogP contribution in [0.2, 0.25) is 0 Å². The molecular weight excluding hydrogens is 463 g/mol. The topological polar surface area (TPSA) is 56.7 Å². The zero-order valence-electron chi connectivity index (χ0n) is 16.3. The van der Waals surface area contributed by atoms with Crippen LogP contribution in [0.25, 0.3) is 5.57 Å². The van der Waals surface area contributed by atoms with Crippen LogP contribution in [0.15, 0.2) is 65.7 Å². The van der Waals surface area contributed by atoms with Gasteiger partial charge in [-0.3, -0.25) is 9.79 Å². The van der Waals surface area contributed by atoms with Crippen molar-refractivity contribution in [3.05, 3.63) is 77.4 Å². The Kier molecular flexibility index (Phi) is 8.50. The predicted octanol–water partition coefficient (Wildman–Crippen LogP) is 3.53. The molecule has 6 heteroatoms. The molecule has 5 nitrogen and oxygen atoms in total. The second-order valence-corrected chi connectivity index (χ2v) is 6.47. The molecule has 2 aromatic rings. The fourth-order valence-electron chi connectivity index (χ4n) is 3.26. The van der Waals surface area contributed by atoms with Crippen molar-refractivity contribution in [2.24, 2.45) is 4.99 Å². The lowest BCUT2D eigenvalue weighted by molar-refractivity contribution is 0.0963. The van der Waals surface area contributed by atoms with E-state index in [0.717, 1.165) is 31.0 Å². The van der Waals surface area contributed by atoms with E-state index in [0.29, 0.717) is 12.1 Å².